The second kappa shape index (κ2) is 9.46. The zero-order chi connectivity index (χ0) is 24.8. The normalized spacial score (nSPS) is 17.9. The van der Waals surface area contributed by atoms with Crippen LogP contribution in [0.3, 0.4) is 0 Å². The van der Waals surface area contributed by atoms with Gasteiger partial charge in [-0.05, 0) is 57.5 Å². The highest BCUT2D eigenvalue weighted by molar-refractivity contribution is 7.19. The summed E-state index contributed by atoms with van der Waals surface area (Å²) in [6.07, 6.45) is 1.91. The molecule has 5 heterocycles. The van der Waals surface area contributed by atoms with E-state index < -0.39 is 0 Å². The molecule has 0 spiro atoms. The highest BCUT2D eigenvalue weighted by Gasteiger charge is 2.26. The van der Waals surface area contributed by atoms with Gasteiger partial charge in [-0.15, -0.1) is 11.3 Å². The minimum atomic E-state index is 0.222. The molecule has 2 aliphatic heterocycles. The number of ether oxygens (including phenoxy) is 1. The molecule has 3 aromatic heterocycles. The molecule has 0 aliphatic carbocycles. The number of likely N-dealkylation sites (tertiary alicyclic amines) is 1. The summed E-state index contributed by atoms with van der Waals surface area (Å²) >= 11 is 1.82. The average molecular weight is 505 g/mol. The van der Waals surface area contributed by atoms with Gasteiger partial charge < -0.3 is 14.7 Å². The van der Waals surface area contributed by atoms with Crippen LogP contribution in [-0.4, -0.2) is 68.9 Å². The van der Waals surface area contributed by atoms with E-state index in [-0.39, 0.29) is 5.92 Å². The fourth-order valence-electron chi connectivity index (χ4n) is 5.37. The lowest BCUT2D eigenvalue weighted by molar-refractivity contribution is 0.122. The fraction of sp³-hybridized carbons (Fsp3) is 0.444. The number of imidazole rings is 1. The minimum absolute atomic E-state index is 0.222. The Morgan fingerprint density at radius 2 is 1.83 bits per heavy atom. The van der Waals surface area contributed by atoms with Crippen molar-refractivity contribution in [2.75, 3.05) is 44.3 Å². The number of para-hydroxylation sites is 2. The topological polar surface area (TPSA) is 79.5 Å². The van der Waals surface area contributed by atoms with E-state index >= 15 is 0 Å². The molecule has 0 radical (unpaired) electrons. The number of rotatable bonds is 5. The maximum atomic E-state index is 9.79. The number of aliphatic hydroxyl groups is 1. The molecule has 0 saturated carbocycles. The molecule has 0 amide bonds. The molecule has 4 aromatic rings. The second-order valence-corrected chi connectivity index (χ2v) is 10.9. The molecule has 1 aromatic carbocycles. The SMILES string of the molecule is C=C(O)C1CCN(Cc2sc3c(N4CCOCC4)nc(-n4c(C)nc5ccccc54)nc3c2C)CC1. The quantitative estimate of drug-likeness (QED) is 0.392. The number of aliphatic hydroxyl groups excluding tert-OH is 1. The Kier molecular flexibility index (Phi) is 6.15. The molecular weight excluding hydrogens is 472 g/mol. The zero-order valence-corrected chi connectivity index (χ0v) is 21.7. The molecule has 2 fully saturated rings. The number of thiophene rings is 1. The average Bonchev–Trinajstić information content (AvgIpc) is 3.40. The summed E-state index contributed by atoms with van der Waals surface area (Å²) in [5.74, 6) is 3.09. The van der Waals surface area contributed by atoms with Crippen LogP contribution < -0.4 is 4.90 Å². The number of hydrogen-bond donors (Lipinski definition) is 1. The van der Waals surface area contributed by atoms with Crippen LogP contribution in [0.2, 0.25) is 0 Å². The van der Waals surface area contributed by atoms with Gasteiger partial charge in [-0.1, -0.05) is 18.7 Å². The van der Waals surface area contributed by atoms with Gasteiger partial charge in [0.25, 0.3) is 0 Å². The van der Waals surface area contributed by atoms with Gasteiger partial charge in [0.1, 0.15) is 5.82 Å². The first-order chi connectivity index (χ1) is 17.5. The number of aromatic nitrogens is 4. The molecule has 36 heavy (non-hydrogen) atoms. The first kappa shape index (κ1) is 23.4. The second-order valence-electron chi connectivity index (χ2n) is 9.80. The molecule has 1 N–H and O–H groups in total. The van der Waals surface area contributed by atoms with Crippen molar-refractivity contribution < 1.29 is 9.84 Å². The Labute approximate surface area is 214 Å². The lowest BCUT2D eigenvalue weighted by Crippen LogP contribution is -2.37. The Bertz CT molecular complexity index is 1430. The van der Waals surface area contributed by atoms with Gasteiger partial charge in [-0.25, -0.2) is 9.97 Å². The van der Waals surface area contributed by atoms with Crippen molar-refractivity contribution in [2.24, 2.45) is 5.92 Å². The third-order valence-corrected chi connectivity index (χ3v) is 8.76. The van der Waals surface area contributed by atoms with E-state index in [9.17, 15) is 5.11 Å². The number of fused-ring (bicyclic) bond motifs is 2. The third-order valence-electron chi connectivity index (χ3n) is 7.50. The first-order valence-electron chi connectivity index (χ1n) is 12.7. The van der Waals surface area contributed by atoms with Gasteiger partial charge >= 0.3 is 0 Å². The summed E-state index contributed by atoms with van der Waals surface area (Å²) in [6.45, 7) is 13.8. The van der Waals surface area contributed by atoms with E-state index in [2.05, 4.69) is 33.9 Å². The number of benzene rings is 1. The van der Waals surface area contributed by atoms with Gasteiger partial charge in [0.2, 0.25) is 5.95 Å². The van der Waals surface area contributed by atoms with Gasteiger partial charge in [0.15, 0.2) is 5.82 Å². The minimum Gasteiger partial charge on any atom is -0.513 e. The van der Waals surface area contributed by atoms with Crippen molar-refractivity contribution in [3.63, 3.8) is 0 Å². The number of morpholine rings is 1. The summed E-state index contributed by atoms with van der Waals surface area (Å²) in [6, 6.07) is 8.15. The zero-order valence-electron chi connectivity index (χ0n) is 20.9. The van der Waals surface area contributed by atoms with Crippen LogP contribution in [0.1, 0.15) is 29.1 Å². The molecular formula is C27H32N6O2S. The Balaban J connectivity index is 1.43. The molecule has 2 aliphatic rings. The molecule has 0 atom stereocenters. The smallest absolute Gasteiger partial charge is 0.238 e. The van der Waals surface area contributed by atoms with Crippen LogP contribution in [0.5, 0.6) is 0 Å². The number of aryl methyl sites for hydroxylation is 2. The summed E-state index contributed by atoms with van der Waals surface area (Å²) in [5.41, 5.74) is 4.22. The van der Waals surface area contributed by atoms with Crippen LogP contribution in [0.4, 0.5) is 5.82 Å². The molecule has 188 valence electrons. The Hall–Kier alpha value is -3.01. The standard InChI is InChI=1S/C27H32N6O2S/c1-17-23(16-31-10-8-20(9-11-31)18(2)34)36-25-24(17)29-27(30-26(25)32-12-14-35-15-13-32)33-19(3)28-21-6-4-5-7-22(21)33/h4-7,20,34H,2,8-16H2,1,3H3. The lowest BCUT2D eigenvalue weighted by atomic mass is 9.95. The van der Waals surface area contributed by atoms with Gasteiger partial charge in [0.05, 0.1) is 40.2 Å². The number of nitrogens with zero attached hydrogens (tertiary/aromatic N) is 6. The predicted octanol–water partition coefficient (Wildman–Crippen LogP) is 4.77. The van der Waals surface area contributed by atoms with Crippen molar-refractivity contribution in [1.82, 2.24) is 24.4 Å². The van der Waals surface area contributed by atoms with Crippen LogP contribution in [0, 0.1) is 19.8 Å². The van der Waals surface area contributed by atoms with Crippen molar-refractivity contribution in [3.05, 3.63) is 52.9 Å². The van der Waals surface area contributed by atoms with Crippen LogP contribution in [-0.2, 0) is 11.3 Å². The third kappa shape index (κ3) is 4.15. The van der Waals surface area contributed by atoms with Crippen LogP contribution in [0.25, 0.3) is 27.2 Å². The highest BCUT2D eigenvalue weighted by atomic mass is 32.1. The Morgan fingerprint density at radius 3 is 2.58 bits per heavy atom. The summed E-state index contributed by atoms with van der Waals surface area (Å²) in [4.78, 5) is 21.2. The number of hydrogen-bond acceptors (Lipinski definition) is 8. The molecule has 8 nitrogen and oxygen atoms in total. The van der Waals surface area contributed by atoms with Gasteiger partial charge in [-0.3, -0.25) is 9.47 Å². The summed E-state index contributed by atoms with van der Waals surface area (Å²) < 4.78 is 8.86. The van der Waals surface area contributed by atoms with Crippen molar-refractivity contribution in [1.29, 1.82) is 0 Å². The monoisotopic (exact) mass is 504 g/mol. The van der Waals surface area contributed by atoms with Crippen molar-refractivity contribution in [3.8, 4) is 5.95 Å². The summed E-state index contributed by atoms with van der Waals surface area (Å²) in [5, 5.41) is 9.79. The van der Waals surface area contributed by atoms with Crippen molar-refractivity contribution in [2.45, 2.75) is 33.2 Å². The van der Waals surface area contributed by atoms with E-state index in [1.54, 1.807) is 0 Å². The molecule has 2 saturated heterocycles. The largest absolute Gasteiger partial charge is 0.513 e. The van der Waals surface area contributed by atoms with E-state index in [0.29, 0.717) is 24.9 Å². The molecule has 0 bridgehead atoms. The van der Waals surface area contributed by atoms with Crippen molar-refractivity contribution >= 4 is 38.4 Å². The predicted molar refractivity (Wildman–Crippen MR) is 144 cm³/mol. The van der Waals surface area contributed by atoms with E-state index in [1.165, 1.54) is 10.4 Å². The lowest BCUT2D eigenvalue weighted by Gasteiger charge is -2.31. The van der Waals surface area contributed by atoms with Gasteiger partial charge in [-0.2, -0.15) is 4.98 Å². The maximum absolute atomic E-state index is 9.79. The van der Waals surface area contributed by atoms with E-state index in [4.69, 9.17) is 19.7 Å². The molecule has 6 rings (SSSR count). The fourth-order valence-corrected chi connectivity index (χ4v) is 6.68. The number of allylic oxidation sites excluding steroid dienone is 1. The Morgan fingerprint density at radius 1 is 1.08 bits per heavy atom. The molecule has 9 heteroatoms. The summed E-state index contributed by atoms with van der Waals surface area (Å²) in [7, 11) is 0. The molecule has 0 unspecified atom stereocenters. The first-order valence-corrected chi connectivity index (χ1v) is 13.5. The maximum Gasteiger partial charge on any atom is 0.238 e. The van der Waals surface area contributed by atoms with Crippen LogP contribution >= 0.6 is 11.3 Å². The van der Waals surface area contributed by atoms with E-state index in [1.807, 2.05) is 36.5 Å². The highest BCUT2D eigenvalue weighted by Crippen LogP contribution is 2.38. The number of piperidine rings is 1. The van der Waals surface area contributed by atoms with E-state index in [0.717, 1.165) is 78.5 Å². The number of anilines is 1. The van der Waals surface area contributed by atoms with Crippen LogP contribution in [0.15, 0.2) is 36.6 Å². The van der Waals surface area contributed by atoms with Gasteiger partial charge in [0, 0.05) is 30.4 Å².